The molecule has 1 aromatic carbocycles. The molecular formula is C14H18BrN5O. The molecule has 0 bridgehead atoms. The number of benzene rings is 1. The fourth-order valence-electron chi connectivity index (χ4n) is 1.59. The third-order valence-electron chi connectivity index (χ3n) is 2.64. The number of hydrogen-bond acceptors (Lipinski definition) is 6. The van der Waals surface area contributed by atoms with Crippen LogP contribution in [-0.2, 0) is 6.54 Å². The topological polar surface area (TPSA) is 72.0 Å². The van der Waals surface area contributed by atoms with Gasteiger partial charge in [-0.2, -0.15) is 15.0 Å². The second-order valence-electron chi connectivity index (χ2n) is 4.34. The third-order valence-corrected chi connectivity index (χ3v) is 3.17. The smallest absolute Gasteiger partial charge is 0.323 e. The van der Waals surface area contributed by atoms with Crippen molar-refractivity contribution in [2.45, 2.75) is 19.9 Å². The van der Waals surface area contributed by atoms with E-state index in [-0.39, 0.29) is 0 Å². The number of hydrogen-bond donors (Lipinski definition) is 2. The van der Waals surface area contributed by atoms with Gasteiger partial charge >= 0.3 is 6.01 Å². The average Bonchev–Trinajstić information content (AvgIpc) is 2.52. The minimum Gasteiger partial charge on any atom is -0.463 e. The van der Waals surface area contributed by atoms with Crippen molar-refractivity contribution in [2.24, 2.45) is 0 Å². The Morgan fingerprint density at radius 1 is 1.10 bits per heavy atom. The summed E-state index contributed by atoms with van der Waals surface area (Å²) < 4.78 is 6.51. The van der Waals surface area contributed by atoms with E-state index in [2.05, 4.69) is 41.5 Å². The van der Waals surface area contributed by atoms with Crippen molar-refractivity contribution in [3.63, 3.8) is 0 Å². The number of ether oxygens (including phenoxy) is 1. The zero-order valence-corrected chi connectivity index (χ0v) is 13.6. The Morgan fingerprint density at radius 3 is 2.48 bits per heavy atom. The first-order chi connectivity index (χ1) is 10.2. The highest BCUT2D eigenvalue weighted by Gasteiger charge is 2.06. The number of anilines is 2. The van der Waals surface area contributed by atoms with Gasteiger partial charge in [-0.3, -0.25) is 0 Å². The Kier molecular flexibility index (Phi) is 5.74. The van der Waals surface area contributed by atoms with Crippen LogP contribution in [0.2, 0.25) is 0 Å². The van der Waals surface area contributed by atoms with Gasteiger partial charge in [0.05, 0.1) is 6.61 Å². The van der Waals surface area contributed by atoms with Crippen LogP contribution in [-0.4, -0.2) is 28.6 Å². The highest BCUT2D eigenvalue weighted by molar-refractivity contribution is 9.10. The summed E-state index contributed by atoms with van der Waals surface area (Å²) in [6.07, 6.45) is 0.905. The van der Waals surface area contributed by atoms with E-state index in [1.165, 1.54) is 0 Å². The summed E-state index contributed by atoms with van der Waals surface area (Å²) in [4.78, 5) is 12.7. The average molecular weight is 352 g/mol. The zero-order chi connectivity index (χ0) is 15.1. The summed E-state index contributed by atoms with van der Waals surface area (Å²) >= 11 is 3.42. The second-order valence-corrected chi connectivity index (χ2v) is 5.26. The van der Waals surface area contributed by atoms with E-state index in [1.54, 1.807) is 7.05 Å². The van der Waals surface area contributed by atoms with E-state index < -0.39 is 0 Å². The first-order valence-corrected chi connectivity index (χ1v) is 7.55. The maximum Gasteiger partial charge on any atom is 0.323 e. The lowest BCUT2D eigenvalue weighted by Gasteiger charge is -2.09. The summed E-state index contributed by atoms with van der Waals surface area (Å²) in [7, 11) is 1.76. The quantitative estimate of drug-likeness (QED) is 0.798. The van der Waals surface area contributed by atoms with Crippen LogP contribution in [0.1, 0.15) is 18.9 Å². The molecule has 0 radical (unpaired) electrons. The molecule has 21 heavy (non-hydrogen) atoms. The standard InChI is InChI=1S/C14H18BrN5O/c1-3-8-21-14-19-12(16-2)18-13(20-14)17-9-10-4-6-11(15)7-5-10/h4-7H,3,8-9H2,1-2H3,(H2,16,17,18,19,20). The highest BCUT2D eigenvalue weighted by Crippen LogP contribution is 2.14. The van der Waals surface area contributed by atoms with E-state index in [0.717, 1.165) is 16.5 Å². The van der Waals surface area contributed by atoms with Gasteiger partial charge in [0, 0.05) is 18.1 Å². The number of nitrogens with one attached hydrogen (secondary N) is 2. The van der Waals surface area contributed by atoms with E-state index in [9.17, 15) is 0 Å². The normalized spacial score (nSPS) is 10.2. The maximum atomic E-state index is 5.46. The molecule has 0 spiro atoms. The van der Waals surface area contributed by atoms with Gasteiger partial charge in [-0.1, -0.05) is 35.0 Å². The molecule has 7 heteroatoms. The molecular weight excluding hydrogens is 334 g/mol. The second kappa shape index (κ2) is 7.78. The van der Waals surface area contributed by atoms with Gasteiger partial charge in [-0.15, -0.1) is 0 Å². The van der Waals surface area contributed by atoms with Crippen molar-refractivity contribution in [3.8, 4) is 6.01 Å². The van der Waals surface area contributed by atoms with Crippen molar-refractivity contribution in [3.05, 3.63) is 34.3 Å². The number of aromatic nitrogens is 3. The summed E-state index contributed by atoms with van der Waals surface area (Å²) in [6, 6.07) is 8.39. The van der Waals surface area contributed by atoms with Gasteiger partial charge in [0.1, 0.15) is 0 Å². The molecule has 0 amide bonds. The molecule has 112 valence electrons. The van der Waals surface area contributed by atoms with Crippen LogP contribution in [0.3, 0.4) is 0 Å². The molecule has 0 unspecified atom stereocenters. The van der Waals surface area contributed by atoms with Crippen LogP contribution >= 0.6 is 15.9 Å². The first-order valence-electron chi connectivity index (χ1n) is 6.76. The molecule has 0 saturated carbocycles. The summed E-state index contributed by atoms with van der Waals surface area (Å²) in [5.41, 5.74) is 1.14. The number of rotatable bonds is 7. The molecule has 2 aromatic rings. The Bertz CT molecular complexity index is 576. The molecule has 0 atom stereocenters. The molecule has 1 heterocycles. The van der Waals surface area contributed by atoms with Crippen molar-refractivity contribution >= 4 is 27.8 Å². The summed E-state index contributed by atoms with van der Waals surface area (Å²) in [5.74, 6) is 0.970. The molecule has 6 nitrogen and oxygen atoms in total. The third kappa shape index (κ3) is 4.86. The van der Waals surface area contributed by atoms with Crippen molar-refractivity contribution < 1.29 is 4.74 Å². The number of halogens is 1. The summed E-state index contributed by atoms with van der Waals surface area (Å²) in [5, 5.41) is 6.08. The van der Waals surface area contributed by atoms with Gasteiger partial charge in [0.15, 0.2) is 0 Å². The van der Waals surface area contributed by atoms with Gasteiger partial charge in [0.25, 0.3) is 0 Å². The fourth-order valence-corrected chi connectivity index (χ4v) is 1.85. The van der Waals surface area contributed by atoms with Crippen molar-refractivity contribution in [2.75, 3.05) is 24.3 Å². The Balaban J connectivity index is 2.05. The van der Waals surface area contributed by atoms with Crippen LogP contribution in [0.25, 0.3) is 0 Å². The fraction of sp³-hybridized carbons (Fsp3) is 0.357. The monoisotopic (exact) mass is 351 g/mol. The van der Waals surface area contributed by atoms with Gasteiger partial charge in [0.2, 0.25) is 11.9 Å². The molecule has 0 fully saturated rings. The first kappa shape index (κ1) is 15.5. The van der Waals surface area contributed by atoms with Crippen LogP contribution in [0.5, 0.6) is 6.01 Å². The molecule has 0 saturated heterocycles. The predicted molar refractivity (Wildman–Crippen MR) is 86.6 cm³/mol. The van der Waals surface area contributed by atoms with Gasteiger partial charge in [-0.25, -0.2) is 0 Å². The Labute approximate surface area is 132 Å². The van der Waals surface area contributed by atoms with Crippen LogP contribution in [0.4, 0.5) is 11.9 Å². The van der Waals surface area contributed by atoms with Crippen LogP contribution < -0.4 is 15.4 Å². The molecule has 1 aromatic heterocycles. The van der Waals surface area contributed by atoms with Crippen molar-refractivity contribution in [1.29, 1.82) is 0 Å². The van der Waals surface area contributed by atoms with Gasteiger partial charge in [-0.05, 0) is 24.1 Å². The van der Waals surface area contributed by atoms with E-state index >= 15 is 0 Å². The van der Waals surface area contributed by atoms with E-state index in [1.807, 2.05) is 31.2 Å². The highest BCUT2D eigenvalue weighted by atomic mass is 79.9. The largest absolute Gasteiger partial charge is 0.463 e. The molecule has 0 aliphatic rings. The minimum atomic E-state index is 0.328. The van der Waals surface area contributed by atoms with E-state index in [4.69, 9.17) is 4.74 Å². The van der Waals surface area contributed by atoms with Crippen LogP contribution in [0.15, 0.2) is 28.7 Å². The molecule has 0 aliphatic carbocycles. The predicted octanol–water partition coefficient (Wildman–Crippen LogP) is 3.08. The van der Waals surface area contributed by atoms with E-state index in [0.29, 0.717) is 31.1 Å². The minimum absolute atomic E-state index is 0.328. The van der Waals surface area contributed by atoms with Gasteiger partial charge < -0.3 is 15.4 Å². The van der Waals surface area contributed by atoms with Crippen LogP contribution in [0, 0.1) is 0 Å². The molecule has 0 aliphatic heterocycles. The summed E-state index contributed by atoms with van der Waals surface area (Å²) in [6.45, 7) is 3.25. The zero-order valence-electron chi connectivity index (χ0n) is 12.1. The Morgan fingerprint density at radius 2 is 1.81 bits per heavy atom. The number of nitrogens with zero attached hydrogens (tertiary/aromatic N) is 3. The lowest BCUT2D eigenvalue weighted by Crippen LogP contribution is -2.09. The Hall–Kier alpha value is -1.89. The maximum absolute atomic E-state index is 5.46. The molecule has 2 N–H and O–H groups in total. The lowest BCUT2D eigenvalue weighted by atomic mass is 10.2. The van der Waals surface area contributed by atoms with Crippen molar-refractivity contribution in [1.82, 2.24) is 15.0 Å². The molecule has 2 rings (SSSR count). The lowest BCUT2D eigenvalue weighted by molar-refractivity contribution is 0.292. The SMILES string of the molecule is CCCOc1nc(NC)nc(NCc2ccc(Br)cc2)n1.